The number of H-pyrrole nitrogens is 1. The van der Waals surface area contributed by atoms with E-state index in [0.717, 1.165) is 36.0 Å². The lowest BCUT2D eigenvalue weighted by molar-refractivity contribution is -0.144. The SMILES string of the molecule is CC1CC(C)CN(C(C(=O)O)c2c[nH]c3ccc(NC(=O)C(C)C)cc23)C1. The van der Waals surface area contributed by atoms with Gasteiger partial charge in [0.25, 0.3) is 0 Å². The number of amides is 1. The Kier molecular flexibility index (Phi) is 5.56. The minimum Gasteiger partial charge on any atom is -0.480 e. The van der Waals surface area contributed by atoms with Crippen molar-refractivity contribution in [3.8, 4) is 0 Å². The Labute approximate surface area is 159 Å². The second kappa shape index (κ2) is 7.72. The Morgan fingerprint density at radius 1 is 1.22 bits per heavy atom. The number of aromatic amines is 1. The minimum absolute atomic E-state index is 0.0556. The van der Waals surface area contributed by atoms with Crippen LogP contribution in [0.25, 0.3) is 10.9 Å². The zero-order chi connectivity index (χ0) is 19.7. The number of aromatic nitrogens is 1. The number of hydrogen-bond acceptors (Lipinski definition) is 3. The molecule has 3 atom stereocenters. The fourth-order valence-electron chi connectivity index (χ4n) is 4.14. The van der Waals surface area contributed by atoms with Crippen LogP contribution in [0.5, 0.6) is 0 Å². The van der Waals surface area contributed by atoms with Gasteiger partial charge in [0.2, 0.25) is 5.91 Å². The molecular weight excluding hydrogens is 342 g/mol. The quantitative estimate of drug-likeness (QED) is 0.745. The van der Waals surface area contributed by atoms with Crippen molar-refractivity contribution in [1.82, 2.24) is 9.88 Å². The van der Waals surface area contributed by atoms with Gasteiger partial charge in [-0.2, -0.15) is 0 Å². The number of carbonyl (C=O) groups excluding carboxylic acids is 1. The first-order valence-electron chi connectivity index (χ1n) is 9.65. The second-order valence-electron chi connectivity index (χ2n) is 8.29. The molecule has 2 aromatic rings. The summed E-state index contributed by atoms with van der Waals surface area (Å²) in [6, 6.07) is 4.90. The van der Waals surface area contributed by atoms with Crippen LogP contribution in [0.3, 0.4) is 0 Å². The van der Waals surface area contributed by atoms with E-state index < -0.39 is 12.0 Å². The average Bonchev–Trinajstić information content (AvgIpc) is 2.97. The highest BCUT2D eigenvalue weighted by atomic mass is 16.4. The predicted molar refractivity (Wildman–Crippen MR) is 107 cm³/mol. The molecule has 1 saturated heterocycles. The van der Waals surface area contributed by atoms with E-state index in [9.17, 15) is 14.7 Å². The van der Waals surface area contributed by atoms with Gasteiger partial charge in [0.15, 0.2) is 0 Å². The van der Waals surface area contributed by atoms with Gasteiger partial charge in [-0.3, -0.25) is 14.5 Å². The number of anilines is 1. The minimum atomic E-state index is -0.839. The highest BCUT2D eigenvalue weighted by molar-refractivity contribution is 5.96. The van der Waals surface area contributed by atoms with E-state index in [1.165, 1.54) is 0 Å². The van der Waals surface area contributed by atoms with Gasteiger partial charge < -0.3 is 15.4 Å². The van der Waals surface area contributed by atoms with Gasteiger partial charge in [0.1, 0.15) is 6.04 Å². The highest BCUT2D eigenvalue weighted by Crippen LogP contribution is 2.34. The van der Waals surface area contributed by atoms with Gasteiger partial charge in [-0.15, -0.1) is 0 Å². The Morgan fingerprint density at radius 2 is 1.89 bits per heavy atom. The number of nitrogens with zero attached hydrogens (tertiary/aromatic N) is 1. The number of likely N-dealkylation sites (tertiary alicyclic amines) is 1. The number of benzene rings is 1. The van der Waals surface area contributed by atoms with Crippen molar-refractivity contribution >= 4 is 28.5 Å². The molecule has 1 aliphatic heterocycles. The van der Waals surface area contributed by atoms with Gasteiger partial charge in [-0.25, -0.2) is 0 Å². The van der Waals surface area contributed by atoms with Gasteiger partial charge in [-0.05, 0) is 36.5 Å². The van der Waals surface area contributed by atoms with E-state index in [-0.39, 0.29) is 11.8 Å². The predicted octanol–water partition coefficient (Wildman–Crippen LogP) is 3.87. The molecule has 1 fully saturated rings. The van der Waals surface area contributed by atoms with Crippen LogP contribution >= 0.6 is 0 Å². The zero-order valence-corrected chi connectivity index (χ0v) is 16.5. The van der Waals surface area contributed by atoms with Crippen LogP contribution in [0.2, 0.25) is 0 Å². The molecule has 0 aliphatic carbocycles. The third-order valence-electron chi connectivity index (χ3n) is 5.30. The number of hydrogen-bond donors (Lipinski definition) is 3. The molecule has 6 heteroatoms. The van der Waals surface area contributed by atoms with E-state index in [0.29, 0.717) is 17.5 Å². The summed E-state index contributed by atoms with van der Waals surface area (Å²) in [6.07, 6.45) is 2.92. The van der Waals surface area contributed by atoms with Crippen LogP contribution in [0.4, 0.5) is 5.69 Å². The molecule has 1 aromatic carbocycles. The van der Waals surface area contributed by atoms with Crippen molar-refractivity contribution in [1.29, 1.82) is 0 Å². The van der Waals surface area contributed by atoms with E-state index >= 15 is 0 Å². The number of carboxylic acids is 1. The largest absolute Gasteiger partial charge is 0.480 e. The lowest BCUT2D eigenvalue weighted by Crippen LogP contribution is -2.43. The molecular formula is C21H29N3O3. The molecule has 3 unspecified atom stereocenters. The first-order valence-corrected chi connectivity index (χ1v) is 9.65. The van der Waals surface area contributed by atoms with Gasteiger partial charge >= 0.3 is 5.97 Å². The summed E-state index contributed by atoms with van der Waals surface area (Å²) in [5.41, 5.74) is 2.31. The maximum atomic E-state index is 12.2. The molecule has 3 rings (SSSR count). The van der Waals surface area contributed by atoms with Gasteiger partial charge in [0, 0.05) is 47.4 Å². The average molecular weight is 371 g/mol. The number of aliphatic carboxylic acids is 1. The maximum Gasteiger partial charge on any atom is 0.325 e. The first kappa shape index (κ1) is 19.4. The van der Waals surface area contributed by atoms with Crippen molar-refractivity contribution in [2.24, 2.45) is 17.8 Å². The van der Waals surface area contributed by atoms with Crippen molar-refractivity contribution in [3.05, 3.63) is 30.0 Å². The Hall–Kier alpha value is -2.34. The summed E-state index contributed by atoms with van der Waals surface area (Å²) >= 11 is 0. The van der Waals surface area contributed by atoms with Crippen LogP contribution in [0.1, 0.15) is 45.7 Å². The highest BCUT2D eigenvalue weighted by Gasteiger charge is 2.34. The topological polar surface area (TPSA) is 85.4 Å². The summed E-state index contributed by atoms with van der Waals surface area (Å²) in [6.45, 7) is 9.59. The summed E-state index contributed by atoms with van der Waals surface area (Å²) in [5, 5.41) is 13.7. The lowest BCUT2D eigenvalue weighted by atomic mass is 9.89. The van der Waals surface area contributed by atoms with Crippen LogP contribution < -0.4 is 5.32 Å². The first-order chi connectivity index (χ1) is 12.8. The number of piperidine rings is 1. The third-order valence-corrected chi connectivity index (χ3v) is 5.30. The summed E-state index contributed by atoms with van der Waals surface area (Å²) in [5.74, 6) is -0.0633. The zero-order valence-electron chi connectivity index (χ0n) is 16.5. The third kappa shape index (κ3) is 4.16. The Bertz CT molecular complexity index is 832. The molecule has 6 nitrogen and oxygen atoms in total. The molecule has 146 valence electrons. The molecule has 3 N–H and O–H groups in total. The molecule has 0 spiro atoms. The summed E-state index contributed by atoms with van der Waals surface area (Å²) in [7, 11) is 0. The van der Waals surface area contributed by atoms with Crippen LogP contribution in [-0.2, 0) is 9.59 Å². The van der Waals surface area contributed by atoms with E-state index in [1.807, 2.05) is 32.0 Å². The lowest BCUT2D eigenvalue weighted by Gasteiger charge is -2.38. The number of nitrogens with one attached hydrogen (secondary N) is 2. The number of carboxylic acid groups (broad SMARTS) is 1. The monoisotopic (exact) mass is 371 g/mol. The molecule has 1 aromatic heterocycles. The number of rotatable bonds is 5. The molecule has 0 saturated carbocycles. The molecule has 27 heavy (non-hydrogen) atoms. The van der Waals surface area contributed by atoms with E-state index in [1.54, 1.807) is 6.20 Å². The molecule has 0 radical (unpaired) electrons. The number of fused-ring (bicyclic) bond motifs is 1. The van der Waals surface area contributed by atoms with E-state index in [4.69, 9.17) is 0 Å². The smallest absolute Gasteiger partial charge is 0.325 e. The van der Waals surface area contributed by atoms with Gasteiger partial charge in [0.05, 0.1) is 0 Å². The standard InChI is InChI=1S/C21H29N3O3/c1-12(2)20(25)23-15-5-6-18-16(8-15)17(9-22-18)19(21(26)27)24-10-13(3)7-14(4)11-24/h5-6,8-9,12-14,19,22H,7,10-11H2,1-4H3,(H,23,25)(H,26,27). The molecule has 1 amide bonds. The summed E-state index contributed by atoms with van der Waals surface area (Å²) < 4.78 is 0. The maximum absolute atomic E-state index is 12.2. The van der Waals surface area contributed by atoms with Crippen LogP contribution in [0, 0.1) is 17.8 Å². The summed E-state index contributed by atoms with van der Waals surface area (Å²) in [4.78, 5) is 29.5. The van der Waals surface area contributed by atoms with Crippen molar-refractivity contribution in [2.45, 2.75) is 40.2 Å². The molecule has 2 heterocycles. The van der Waals surface area contributed by atoms with Crippen molar-refractivity contribution in [3.63, 3.8) is 0 Å². The Morgan fingerprint density at radius 3 is 2.48 bits per heavy atom. The van der Waals surface area contributed by atoms with E-state index in [2.05, 4.69) is 29.0 Å². The fraction of sp³-hybridized carbons (Fsp3) is 0.524. The van der Waals surface area contributed by atoms with Gasteiger partial charge in [-0.1, -0.05) is 27.7 Å². The molecule has 0 bridgehead atoms. The van der Waals surface area contributed by atoms with Crippen molar-refractivity contribution < 1.29 is 14.7 Å². The Balaban J connectivity index is 1.97. The number of carbonyl (C=O) groups is 2. The normalized spacial score (nSPS) is 22.1. The molecule has 1 aliphatic rings. The van der Waals surface area contributed by atoms with Crippen LogP contribution in [0.15, 0.2) is 24.4 Å². The van der Waals surface area contributed by atoms with Crippen molar-refractivity contribution in [2.75, 3.05) is 18.4 Å². The van der Waals surface area contributed by atoms with Crippen LogP contribution in [-0.4, -0.2) is 40.0 Å². The second-order valence-corrected chi connectivity index (χ2v) is 8.29. The fourth-order valence-corrected chi connectivity index (χ4v) is 4.14.